The maximum Gasteiger partial charge on any atom is 0.132 e. The van der Waals surface area contributed by atoms with Gasteiger partial charge in [0.25, 0.3) is 0 Å². The van der Waals surface area contributed by atoms with Gasteiger partial charge < -0.3 is 4.90 Å². The summed E-state index contributed by atoms with van der Waals surface area (Å²) in [6.45, 7) is 13.3. The third-order valence-electron chi connectivity index (χ3n) is 6.41. The van der Waals surface area contributed by atoms with E-state index in [4.69, 9.17) is 5.10 Å². The summed E-state index contributed by atoms with van der Waals surface area (Å²) in [5, 5.41) is 4.79. The second-order valence-electron chi connectivity index (χ2n) is 9.58. The lowest BCUT2D eigenvalue weighted by Crippen LogP contribution is -2.29. The van der Waals surface area contributed by atoms with E-state index in [2.05, 4.69) is 57.4 Å². The van der Waals surface area contributed by atoms with Crippen LogP contribution in [0.5, 0.6) is 0 Å². The highest BCUT2D eigenvalue weighted by Gasteiger charge is 2.40. The van der Waals surface area contributed by atoms with E-state index >= 15 is 0 Å². The Morgan fingerprint density at radius 2 is 1.81 bits per heavy atom. The molecule has 2 atom stereocenters. The molecule has 2 saturated heterocycles. The first-order chi connectivity index (χ1) is 13.0. The number of rotatable bonds is 3. The van der Waals surface area contributed by atoms with E-state index in [1.54, 1.807) is 6.33 Å². The molecule has 2 aromatic rings. The predicted octanol–water partition coefficient (Wildman–Crippen LogP) is 2.49. The number of aromatic nitrogens is 4. The van der Waals surface area contributed by atoms with Crippen molar-refractivity contribution in [1.29, 1.82) is 0 Å². The highest BCUT2D eigenvalue weighted by atomic mass is 15.3. The van der Waals surface area contributed by atoms with E-state index in [-0.39, 0.29) is 5.41 Å². The Kier molecular flexibility index (Phi) is 4.00. The van der Waals surface area contributed by atoms with Gasteiger partial charge in [0.05, 0.1) is 11.4 Å². The monoisotopic (exact) mass is 366 g/mol. The van der Waals surface area contributed by atoms with E-state index < -0.39 is 0 Å². The van der Waals surface area contributed by atoms with Crippen LogP contribution in [0.25, 0.3) is 0 Å². The molecule has 0 spiro atoms. The predicted molar refractivity (Wildman–Crippen MR) is 106 cm³/mol. The zero-order chi connectivity index (χ0) is 18.6. The van der Waals surface area contributed by atoms with E-state index in [1.807, 2.05) is 0 Å². The maximum atomic E-state index is 4.79. The molecule has 2 fully saturated rings. The molecule has 6 heteroatoms. The van der Waals surface area contributed by atoms with Crippen LogP contribution in [-0.4, -0.2) is 50.8 Å². The normalized spacial score (nSPS) is 25.2. The lowest BCUT2D eigenvalue weighted by Gasteiger charge is -2.24. The van der Waals surface area contributed by atoms with Crippen LogP contribution >= 0.6 is 0 Å². The van der Waals surface area contributed by atoms with Crippen LogP contribution in [0.2, 0.25) is 0 Å². The zero-order valence-electron chi connectivity index (χ0n) is 16.7. The molecule has 0 radical (unpaired) electrons. The summed E-state index contributed by atoms with van der Waals surface area (Å²) in [7, 11) is 0. The molecule has 0 aliphatic carbocycles. The first-order valence-electron chi connectivity index (χ1n) is 10.3. The fourth-order valence-electron chi connectivity index (χ4n) is 4.96. The quantitative estimate of drug-likeness (QED) is 0.835. The van der Waals surface area contributed by atoms with Gasteiger partial charge in [-0.1, -0.05) is 20.8 Å². The topological polar surface area (TPSA) is 50.1 Å². The number of aryl methyl sites for hydroxylation is 2. The highest BCUT2D eigenvalue weighted by Crippen LogP contribution is 2.34. The highest BCUT2D eigenvalue weighted by molar-refractivity contribution is 5.42. The number of hydrogen-bond acceptors (Lipinski definition) is 5. The number of fused-ring (bicyclic) bond motifs is 2. The first-order valence-corrected chi connectivity index (χ1v) is 10.3. The number of anilines is 1. The van der Waals surface area contributed by atoms with Crippen LogP contribution in [0, 0.1) is 11.8 Å². The molecule has 3 aliphatic rings. The average Bonchev–Trinajstić information content (AvgIpc) is 3.33. The standard InChI is InChI=1S/C21H30N6/c1-21(2,3)19-8-20(23-14-22-19)26-11-15-9-25(10-16(15)12-26)13-17-7-18-5-4-6-27(18)24-17/h7-8,14-16H,4-6,9-13H2,1-3H3. The minimum Gasteiger partial charge on any atom is -0.356 e. The Morgan fingerprint density at radius 1 is 1.04 bits per heavy atom. The van der Waals surface area contributed by atoms with Crippen molar-refractivity contribution in [2.45, 2.75) is 52.1 Å². The van der Waals surface area contributed by atoms with Crippen molar-refractivity contribution < 1.29 is 0 Å². The van der Waals surface area contributed by atoms with Crippen molar-refractivity contribution >= 4 is 5.82 Å². The Balaban J connectivity index is 1.22. The third-order valence-corrected chi connectivity index (χ3v) is 6.41. The molecule has 5 heterocycles. The van der Waals surface area contributed by atoms with Crippen molar-refractivity contribution in [3.05, 3.63) is 35.5 Å². The summed E-state index contributed by atoms with van der Waals surface area (Å²) >= 11 is 0. The molecule has 27 heavy (non-hydrogen) atoms. The Labute approximate surface area is 161 Å². The molecule has 144 valence electrons. The Morgan fingerprint density at radius 3 is 2.52 bits per heavy atom. The second kappa shape index (κ2) is 6.30. The van der Waals surface area contributed by atoms with Gasteiger partial charge >= 0.3 is 0 Å². The molecule has 0 bridgehead atoms. The third kappa shape index (κ3) is 3.24. The maximum absolute atomic E-state index is 4.79. The van der Waals surface area contributed by atoms with E-state index in [9.17, 15) is 0 Å². The van der Waals surface area contributed by atoms with Gasteiger partial charge in [-0.15, -0.1) is 0 Å². The Bertz CT molecular complexity index is 800. The SMILES string of the molecule is CC(C)(C)c1cc(N2CC3CN(Cc4cc5n(n4)CCC5)CC3C2)ncn1. The molecule has 6 nitrogen and oxygen atoms in total. The van der Waals surface area contributed by atoms with Gasteiger partial charge in [-0.2, -0.15) is 5.10 Å². The summed E-state index contributed by atoms with van der Waals surface area (Å²) in [6.07, 6.45) is 4.18. The fourth-order valence-corrected chi connectivity index (χ4v) is 4.96. The van der Waals surface area contributed by atoms with Crippen LogP contribution in [0.1, 0.15) is 44.3 Å². The molecule has 0 saturated carbocycles. The molecular weight excluding hydrogens is 336 g/mol. The zero-order valence-corrected chi connectivity index (χ0v) is 16.7. The summed E-state index contributed by atoms with van der Waals surface area (Å²) in [5.74, 6) is 2.58. The minimum absolute atomic E-state index is 0.0644. The van der Waals surface area contributed by atoms with Crippen LogP contribution in [0.4, 0.5) is 5.82 Å². The molecule has 2 aromatic heterocycles. The summed E-state index contributed by atoms with van der Waals surface area (Å²) in [4.78, 5) is 14.1. The molecule has 0 N–H and O–H groups in total. The van der Waals surface area contributed by atoms with E-state index in [1.165, 1.54) is 37.3 Å². The fraction of sp³-hybridized carbons (Fsp3) is 0.667. The average molecular weight is 367 g/mol. The van der Waals surface area contributed by atoms with Crippen LogP contribution < -0.4 is 4.90 Å². The van der Waals surface area contributed by atoms with Gasteiger partial charge in [-0.25, -0.2) is 9.97 Å². The summed E-state index contributed by atoms with van der Waals surface area (Å²) in [6, 6.07) is 4.51. The van der Waals surface area contributed by atoms with Crippen molar-refractivity contribution in [2.75, 3.05) is 31.1 Å². The van der Waals surface area contributed by atoms with Gasteiger partial charge in [0, 0.05) is 56.4 Å². The van der Waals surface area contributed by atoms with E-state index in [0.717, 1.165) is 49.5 Å². The minimum atomic E-state index is 0.0644. The summed E-state index contributed by atoms with van der Waals surface area (Å²) < 4.78 is 2.20. The molecule has 2 unspecified atom stereocenters. The van der Waals surface area contributed by atoms with E-state index in [0.29, 0.717) is 0 Å². The molecule has 0 amide bonds. The Hall–Kier alpha value is -1.95. The number of likely N-dealkylation sites (tertiary alicyclic amines) is 1. The van der Waals surface area contributed by atoms with Crippen LogP contribution in [0.3, 0.4) is 0 Å². The van der Waals surface area contributed by atoms with Gasteiger partial charge in [-0.3, -0.25) is 9.58 Å². The summed E-state index contributed by atoms with van der Waals surface area (Å²) in [5.41, 5.74) is 3.87. The lowest BCUT2D eigenvalue weighted by molar-refractivity contribution is 0.303. The number of nitrogens with zero attached hydrogens (tertiary/aromatic N) is 6. The number of hydrogen-bond donors (Lipinski definition) is 0. The van der Waals surface area contributed by atoms with Crippen molar-refractivity contribution in [2.24, 2.45) is 11.8 Å². The van der Waals surface area contributed by atoms with Crippen LogP contribution in [-0.2, 0) is 24.9 Å². The molecule has 5 rings (SSSR count). The van der Waals surface area contributed by atoms with Crippen LogP contribution in [0.15, 0.2) is 18.5 Å². The second-order valence-corrected chi connectivity index (χ2v) is 9.58. The van der Waals surface area contributed by atoms with Crippen molar-refractivity contribution in [3.8, 4) is 0 Å². The largest absolute Gasteiger partial charge is 0.356 e. The van der Waals surface area contributed by atoms with Gasteiger partial charge in [0.1, 0.15) is 12.1 Å². The van der Waals surface area contributed by atoms with Gasteiger partial charge in [-0.05, 0) is 30.7 Å². The van der Waals surface area contributed by atoms with Crippen molar-refractivity contribution in [1.82, 2.24) is 24.6 Å². The lowest BCUT2D eigenvalue weighted by atomic mass is 9.92. The first kappa shape index (κ1) is 17.2. The molecule has 3 aliphatic heterocycles. The smallest absolute Gasteiger partial charge is 0.132 e. The van der Waals surface area contributed by atoms with Gasteiger partial charge in [0.15, 0.2) is 0 Å². The molecule has 0 aromatic carbocycles. The molecular formula is C21H30N6. The van der Waals surface area contributed by atoms with Gasteiger partial charge in [0.2, 0.25) is 0 Å². The van der Waals surface area contributed by atoms with Crippen molar-refractivity contribution in [3.63, 3.8) is 0 Å².